The van der Waals surface area contributed by atoms with Crippen LogP contribution in [0.1, 0.15) is 46.8 Å². The molecule has 186 valence electrons. The third-order valence-corrected chi connectivity index (χ3v) is 7.94. The van der Waals surface area contributed by atoms with Gasteiger partial charge in [0.2, 0.25) is 5.91 Å². The molecule has 0 spiro atoms. The van der Waals surface area contributed by atoms with Crippen molar-refractivity contribution in [2.75, 3.05) is 56.5 Å². The molecule has 3 aromatic rings. The number of anilines is 2. The van der Waals surface area contributed by atoms with Crippen LogP contribution >= 0.6 is 0 Å². The molecule has 1 aromatic heterocycles. The van der Waals surface area contributed by atoms with Gasteiger partial charge in [0.15, 0.2) is 0 Å². The number of carbonyl (C=O) groups excluding carboxylic acids is 2. The zero-order chi connectivity index (χ0) is 24.6. The van der Waals surface area contributed by atoms with Crippen LogP contribution in [-0.2, 0) is 11.2 Å². The first-order valence-corrected chi connectivity index (χ1v) is 13.0. The third kappa shape index (κ3) is 4.41. The molecule has 4 heterocycles. The highest BCUT2D eigenvalue weighted by molar-refractivity contribution is 5.98. The number of piperazine rings is 1. The van der Waals surface area contributed by atoms with Crippen LogP contribution in [0.4, 0.5) is 11.4 Å². The van der Waals surface area contributed by atoms with Crippen molar-refractivity contribution in [2.45, 2.75) is 31.6 Å². The minimum atomic E-state index is 0.0384. The van der Waals surface area contributed by atoms with Crippen LogP contribution in [-0.4, -0.2) is 77.9 Å². The highest BCUT2D eigenvalue weighted by atomic mass is 16.2. The second-order valence-electron chi connectivity index (χ2n) is 10.2. The molecule has 0 saturated carbocycles. The van der Waals surface area contributed by atoms with E-state index < -0.39 is 0 Å². The van der Waals surface area contributed by atoms with Gasteiger partial charge in [-0.1, -0.05) is 0 Å². The number of likely N-dealkylation sites (N-methyl/N-ethyl adjacent to an activating group) is 1. The maximum absolute atomic E-state index is 13.2. The number of piperidine rings is 1. The topological polar surface area (TPSA) is 81.7 Å². The Kier molecular flexibility index (Phi) is 6.05. The zero-order valence-electron chi connectivity index (χ0n) is 20.7. The predicted molar refractivity (Wildman–Crippen MR) is 141 cm³/mol. The van der Waals surface area contributed by atoms with Crippen molar-refractivity contribution in [1.82, 2.24) is 19.8 Å². The Bertz CT molecular complexity index is 1310. The molecule has 8 heteroatoms. The van der Waals surface area contributed by atoms with E-state index in [0.717, 1.165) is 66.9 Å². The molecule has 0 radical (unpaired) electrons. The summed E-state index contributed by atoms with van der Waals surface area (Å²) in [7, 11) is 2.17. The lowest BCUT2D eigenvalue weighted by atomic mass is 9.90. The van der Waals surface area contributed by atoms with Gasteiger partial charge in [0.25, 0.3) is 5.91 Å². The van der Waals surface area contributed by atoms with Gasteiger partial charge in [0.05, 0.1) is 11.2 Å². The number of nitrogens with zero attached hydrogens (tertiary/aromatic N) is 5. The summed E-state index contributed by atoms with van der Waals surface area (Å²) >= 11 is 0. The predicted octanol–water partition coefficient (Wildman–Crippen LogP) is 3.29. The standard InChI is InChI=1S/C28H32N6O2/c1-32-12-14-33(15-13-32)22-4-5-23-25(17-22)29-18-30-27(23)19-8-10-34(11-9-19)28(36)21-2-6-24-20(16-21)3-7-26(35)31-24/h2,4-6,16-19H,3,7-15H2,1H3,(H,31,35). The molecule has 0 bridgehead atoms. The number of fused-ring (bicyclic) bond motifs is 2. The molecule has 2 aromatic carbocycles. The van der Waals surface area contributed by atoms with Crippen LogP contribution in [0.5, 0.6) is 0 Å². The minimum Gasteiger partial charge on any atom is -0.369 e. The van der Waals surface area contributed by atoms with Gasteiger partial charge in [-0.15, -0.1) is 0 Å². The molecule has 2 amide bonds. The second-order valence-corrected chi connectivity index (χ2v) is 10.2. The van der Waals surface area contributed by atoms with Crippen molar-refractivity contribution in [1.29, 1.82) is 0 Å². The number of benzene rings is 2. The Labute approximate surface area is 211 Å². The Hall–Kier alpha value is -3.52. The fourth-order valence-corrected chi connectivity index (χ4v) is 5.71. The monoisotopic (exact) mass is 484 g/mol. The van der Waals surface area contributed by atoms with Gasteiger partial charge in [-0.05, 0) is 68.3 Å². The number of aryl methyl sites for hydroxylation is 1. The molecule has 36 heavy (non-hydrogen) atoms. The lowest BCUT2D eigenvalue weighted by Crippen LogP contribution is -2.44. The molecular weight excluding hydrogens is 452 g/mol. The Morgan fingerprint density at radius 3 is 2.56 bits per heavy atom. The SMILES string of the molecule is CN1CCN(c2ccc3c(C4CCN(C(=O)c5ccc6c(c5)CCC(=O)N6)CC4)ncnc3c2)CC1. The molecule has 1 N–H and O–H groups in total. The fraction of sp³-hybridized carbons (Fsp3) is 0.429. The zero-order valence-corrected chi connectivity index (χ0v) is 20.7. The number of carbonyl (C=O) groups is 2. The average Bonchev–Trinajstić information content (AvgIpc) is 2.92. The fourth-order valence-electron chi connectivity index (χ4n) is 5.71. The highest BCUT2D eigenvalue weighted by Gasteiger charge is 2.27. The highest BCUT2D eigenvalue weighted by Crippen LogP contribution is 2.33. The van der Waals surface area contributed by atoms with E-state index in [1.54, 1.807) is 6.33 Å². The third-order valence-electron chi connectivity index (χ3n) is 7.94. The molecule has 0 aliphatic carbocycles. The van der Waals surface area contributed by atoms with Gasteiger partial charge in [0.1, 0.15) is 6.33 Å². The van der Waals surface area contributed by atoms with E-state index in [0.29, 0.717) is 37.4 Å². The van der Waals surface area contributed by atoms with Gasteiger partial charge in [0, 0.05) is 73.9 Å². The summed E-state index contributed by atoms with van der Waals surface area (Å²) < 4.78 is 0. The van der Waals surface area contributed by atoms with Crippen LogP contribution < -0.4 is 10.2 Å². The maximum atomic E-state index is 13.2. The van der Waals surface area contributed by atoms with E-state index >= 15 is 0 Å². The van der Waals surface area contributed by atoms with Crippen molar-refractivity contribution >= 4 is 34.1 Å². The van der Waals surface area contributed by atoms with Crippen LogP contribution in [0.2, 0.25) is 0 Å². The van der Waals surface area contributed by atoms with Crippen LogP contribution in [0.3, 0.4) is 0 Å². The first kappa shape index (κ1) is 22.9. The van der Waals surface area contributed by atoms with E-state index in [2.05, 4.69) is 45.3 Å². The Balaban J connectivity index is 1.14. The van der Waals surface area contributed by atoms with Crippen molar-refractivity contribution in [3.8, 4) is 0 Å². The molecule has 8 nitrogen and oxygen atoms in total. The molecule has 3 aliphatic rings. The number of amides is 2. The first-order valence-electron chi connectivity index (χ1n) is 13.0. The van der Waals surface area contributed by atoms with E-state index in [1.165, 1.54) is 5.69 Å². The normalized spacial score (nSPS) is 19.3. The summed E-state index contributed by atoms with van der Waals surface area (Å²) in [5.41, 5.74) is 5.89. The number of hydrogen-bond donors (Lipinski definition) is 1. The summed E-state index contributed by atoms with van der Waals surface area (Å²) in [6.07, 6.45) is 4.62. The van der Waals surface area contributed by atoms with E-state index in [4.69, 9.17) is 4.98 Å². The van der Waals surface area contributed by atoms with E-state index in [9.17, 15) is 9.59 Å². The summed E-state index contributed by atoms with van der Waals surface area (Å²) in [5, 5.41) is 4.01. The van der Waals surface area contributed by atoms with Crippen molar-refractivity contribution in [3.63, 3.8) is 0 Å². The Morgan fingerprint density at radius 2 is 1.75 bits per heavy atom. The summed E-state index contributed by atoms with van der Waals surface area (Å²) in [4.78, 5) is 40.9. The Morgan fingerprint density at radius 1 is 0.944 bits per heavy atom. The summed E-state index contributed by atoms with van der Waals surface area (Å²) in [6, 6.07) is 12.2. The number of aromatic nitrogens is 2. The number of rotatable bonds is 3. The van der Waals surface area contributed by atoms with Crippen molar-refractivity contribution < 1.29 is 9.59 Å². The minimum absolute atomic E-state index is 0.0384. The molecule has 0 unspecified atom stereocenters. The molecule has 2 fully saturated rings. The van der Waals surface area contributed by atoms with Crippen LogP contribution in [0.15, 0.2) is 42.7 Å². The largest absolute Gasteiger partial charge is 0.369 e. The van der Waals surface area contributed by atoms with E-state index in [-0.39, 0.29) is 11.8 Å². The van der Waals surface area contributed by atoms with Gasteiger partial charge in [-0.3, -0.25) is 9.59 Å². The summed E-state index contributed by atoms with van der Waals surface area (Å²) in [6.45, 7) is 5.64. The average molecular weight is 485 g/mol. The van der Waals surface area contributed by atoms with Gasteiger partial charge in [-0.25, -0.2) is 9.97 Å². The lowest BCUT2D eigenvalue weighted by Gasteiger charge is -2.34. The molecular formula is C28H32N6O2. The van der Waals surface area contributed by atoms with Crippen LogP contribution in [0, 0.1) is 0 Å². The molecule has 2 saturated heterocycles. The summed E-state index contributed by atoms with van der Waals surface area (Å²) in [5.74, 6) is 0.418. The number of likely N-dealkylation sites (tertiary alicyclic amines) is 1. The lowest BCUT2D eigenvalue weighted by molar-refractivity contribution is -0.116. The maximum Gasteiger partial charge on any atom is 0.253 e. The van der Waals surface area contributed by atoms with Gasteiger partial charge in [-0.2, -0.15) is 0 Å². The van der Waals surface area contributed by atoms with Crippen molar-refractivity contribution in [2.24, 2.45) is 0 Å². The first-order chi connectivity index (χ1) is 17.5. The van der Waals surface area contributed by atoms with Gasteiger partial charge >= 0.3 is 0 Å². The van der Waals surface area contributed by atoms with E-state index in [1.807, 2.05) is 23.1 Å². The molecule has 0 atom stereocenters. The second kappa shape index (κ2) is 9.50. The number of nitrogens with one attached hydrogen (secondary N) is 1. The number of hydrogen-bond acceptors (Lipinski definition) is 6. The van der Waals surface area contributed by atoms with Gasteiger partial charge < -0.3 is 20.0 Å². The molecule has 6 rings (SSSR count). The smallest absolute Gasteiger partial charge is 0.253 e. The van der Waals surface area contributed by atoms with Crippen LogP contribution in [0.25, 0.3) is 10.9 Å². The molecule has 3 aliphatic heterocycles. The van der Waals surface area contributed by atoms with Crippen molar-refractivity contribution in [3.05, 3.63) is 59.5 Å². The quantitative estimate of drug-likeness (QED) is 0.615.